The molecule has 0 aliphatic rings. The van der Waals surface area contributed by atoms with E-state index in [0.717, 1.165) is 12.8 Å². The van der Waals surface area contributed by atoms with Crippen LogP contribution in [0.25, 0.3) is 10.9 Å². The number of nitrogens with one attached hydrogen (secondary N) is 1. The van der Waals surface area contributed by atoms with Crippen LogP contribution in [0, 0.1) is 0 Å². The van der Waals surface area contributed by atoms with E-state index in [4.69, 9.17) is 11.6 Å². The highest BCUT2D eigenvalue weighted by atomic mass is 35.5. The van der Waals surface area contributed by atoms with Gasteiger partial charge in [-0.2, -0.15) is 0 Å². The second-order valence-electron chi connectivity index (χ2n) is 5.23. The maximum Gasteiger partial charge on any atom is 0.240 e. The summed E-state index contributed by atoms with van der Waals surface area (Å²) < 4.78 is 1.76. The number of amides is 1. The standard InChI is InChI=1S/C16H19ClN2O2/c1-3-4-11(2)18-16(21)10-19-8-7-15(20)13-9-12(17)5-6-14(13)19/h5-9,11H,3-4,10H2,1-2H3,(H,18,21)/t11-/m1/s1. The number of hydrogen-bond acceptors (Lipinski definition) is 2. The number of halogens is 1. The van der Waals surface area contributed by atoms with Crippen LogP contribution >= 0.6 is 11.6 Å². The van der Waals surface area contributed by atoms with E-state index in [1.165, 1.54) is 6.07 Å². The molecule has 0 saturated heterocycles. The van der Waals surface area contributed by atoms with Gasteiger partial charge in [-0.15, -0.1) is 0 Å². The van der Waals surface area contributed by atoms with Crippen molar-refractivity contribution in [2.24, 2.45) is 0 Å². The van der Waals surface area contributed by atoms with Gasteiger partial charge in [0, 0.05) is 28.7 Å². The van der Waals surface area contributed by atoms with Gasteiger partial charge in [0.05, 0.1) is 5.52 Å². The molecule has 4 nitrogen and oxygen atoms in total. The van der Waals surface area contributed by atoms with Gasteiger partial charge in [0.2, 0.25) is 5.91 Å². The third kappa shape index (κ3) is 3.85. The topological polar surface area (TPSA) is 51.1 Å². The summed E-state index contributed by atoms with van der Waals surface area (Å²) in [7, 11) is 0. The zero-order valence-electron chi connectivity index (χ0n) is 12.2. The smallest absolute Gasteiger partial charge is 0.240 e. The monoisotopic (exact) mass is 306 g/mol. The molecular formula is C16H19ClN2O2. The minimum Gasteiger partial charge on any atom is -0.352 e. The largest absolute Gasteiger partial charge is 0.352 e. The third-order valence-corrected chi connectivity index (χ3v) is 3.62. The van der Waals surface area contributed by atoms with Crippen molar-refractivity contribution in [3.63, 3.8) is 0 Å². The fraction of sp³-hybridized carbons (Fsp3) is 0.375. The highest BCUT2D eigenvalue weighted by Crippen LogP contribution is 2.16. The molecule has 1 amide bonds. The molecule has 0 fully saturated rings. The molecule has 1 aromatic carbocycles. The number of rotatable bonds is 5. The number of benzene rings is 1. The van der Waals surface area contributed by atoms with E-state index in [1.54, 1.807) is 29.0 Å². The average Bonchev–Trinajstić information content (AvgIpc) is 2.42. The van der Waals surface area contributed by atoms with Crippen molar-refractivity contribution in [3.05, 3.63) is 45.7 Å². The molecule has 2 aromatic rings. The van der Waals surface area contributed by atoms with Crippen molar-refractivity contribution in [2.75, 3.05) is 0 Å². The van der Waals surface area contributed by atoms with Crippen molar-refractivity contribution < 1.29 is 4.79 Å². The van der Waals surface area contributed by atoms with Crippen LogP contribution in [-0.4, -0.2) is 16.5 Å². The summed E-state index contributed by atoms with van der Waals surface area (Å²) in [5, 5.41) is 4.00. The molecule has 21 heavy (non-hydrogen) atoms. The first kappa shape index (κ1) is 15.6. The summed E-state index contributed by atoms with van der Waals surface area (Å²) in [6.45, 7) is 4.26. The van der Waals surface area contributed by atoms with Crippen LogP contribution in [0.3, 0.4) is 0 Å². The predicted octanol–water partition coefficient (Wildman–Crippen LogP) is 2.96. The molecule has 0 aliphatic carbocycles. The van der Waals surface area contributed by atoms with E-state index < -0.39 is 0 Å². The molecule has 0 bridgehead atoms. The van der Waals surface area contributed by atoms with Crippen LogP contribution in [0.2, 0.25) is 5.02 Å². The Morgan fingerprint density at radius 2 is 2.14 bits per heavy atom. The first-order valence-corrected chi connectivity index (χ1v) is 7.47. The van der Waals surface area contributed by atoms with Gasteiger partial charge in [-0.25, -0.2) is 0 Å². The summed E-state index contributed by atoms with van der Waals surface area (Å²) in [4.78, 5) is 23.9. The molecule has 1 aromatic heterocycles. The number of fused-ring (bicyclic) bond motifs is 1. The van der Waals surface area contributed by atoms with Gasteiger partial charge in [-0.05, 0) is 31.5 Å². The lowest BCUT2D eigenvalue weighted by Gasteiger charge is -2.15. The van der Waals surface area contributed by atoms with Gasteiger partial charge in [0.25, 0.3) is 0 Å². The van der Waals surface area contributed by atoms with E-state index >= 15 is 0 Å². The number of nitrogens with zero attached hydrogens (tertiary/aromatic N) is 1. The Hall–Kier alpha value is -1.81. The van der Waals surface area contributed by atoms with Crippen LogP contribution in [0.4, 0.5) is 0 Å². The lowest BCUT2D eigenvalue weighted by Crippen LogP contribution is -2.35. The molecule has 112 valence electrons. The molecule has 5 heteroatoms. The predicted molar refractivity (Wildman–Crippen MR) is 85.7 cm³/mol. The van der Waals surface area contributed by atoms with Crippen molar-refractivity contribution in [1.82, 2.24) is 9.88 Å². The summed E-state index contributed by atoms with van der Waals surface area (Å²) in [5.74, 6) is -0.0594. The second kappa shape index (κ2) is 6.76. The fourth-order valence-corrected chi connectivity index (χ4v) is 2.57. The maximum absolute atomic E-state index is 12.1. The molecular weight excluding hydrogens is 288 g/mol. The Labute approximate surface area is 128 Å². The van der Waals surface area contributed by atoms with Gasteiger partial charge in [0.15, 0.2) is 5.43 Å². The second-order valence-corrected chi connectivity index (χ2v) is 5.66. The summed E-state index contributed by atoms with van der Waals surface area (Å²) in [6, 6.07) is 6.73. The lowest BCUT2D eigenvalue weighted by atomic mass is 10.2. The van der Waals surface area contributed by atoms with E-state index in [-0.39, 0.29) is 23.9 Å². The number of pyridine rings is 1. The van der Waals surface area contributed by atoms with E-state index in [9.17, 15) is 9.59 Å². The first-order valence-electron chi connectivity index (χ1n) is 7.09. The molecule has 0 radical (unpaired) electrons. The lowest BCUT2D eigenvalue weighted by molar-refractivity contribution is -0.122. The maximum atomic E-state index is 12.1. The van der Waals surface area contributed by atoms with Gasteiger partial charge in [-0.1, -0.05) is 24.9 Å². The summed E-state index contributed by atoms with van der Waals surface area (Å²) >= 11 is 5.92. The molecule has 1 atom stereocenters. The third-order valence-electron chi connectivity index (χ3n) is 3.38. The van der Waals surface area contributed by atoms with E-state index in [2.05, 4.69) is 12.2 Å². The normalized spacial score (nSPS) is 12.3. The van der Waals surface area contributed by atoms with Crippen LogP contribution < -0.4 is 10.7 Å². The quantitative estimate of drug-likeness (QED) is 0.923. The Morgan fingerprint density at radius 1 is 1.38 bits per heavy atom. The molecule has 1 N–H and O–H groups in total. The Morgan fingerprint density at radius 3 is 2.86 bits per heavy atom. The zero-order chi connectivity index (χ0) is 15.4. The zero-order valence-corrected chi connectivity index (χ0v) is 13.0. The highest BCUT2D eigenvalue weighted by molar-refractivity contribution is 6.31. The Bertz CT molecular complexity index is 709. The van der Waals surface area contributed by atoms with Crippen LogP contribution in [-0.2, 0) is 11.3 Å². The van der Waals surface area contributed by atoms with Crippen LogP contribution in [0.15, 0.2) is 35.3 Å². The van der Waals surface area contributed by atoms with Crippen molar-refractivity contribution >= 4 is 28.4 Å². The minimum atomic E-state index is -0.0940. The molecule has 2 rings (SSSR count). The van der Waals surface area contributed by atoms with Gasteiger partial charge < -0.3 is 9.88 Å². The molecule has 0 spiro atoms. The SMILES string of the molecule is CCC[C@@H](C)NC(=O)Cn1ccc(=O)c2cc(Cl)ccc21. The van der Waals surface area contributed by atoms with Crippen LogP contribution in [0.5, 0.6) is 0 Å². The van der Waals surface area contributed by atoms with Crippen molar-refractivity contribution in [3.8, 4) is 0 Å². The number of carbonyl (C=O) groups is 1. The number of aromatic nitrogens is 1. The van der Waals surface area contributed by atoms with Gasteiger partial charge in [-0.3, -0.25) is 9.59 Å². The Balaban J connectivity index is 2.25. The molecule has 0 aliphatic heterocycles. The van der Waals surface area contributed by atoms with Gasteiger partial charge in [0.1, 0.15) is 6.54 Å². The number of hydrogen-bond donors (Lipinski definition) is 1. The number of carbonyl (C=O) groups excluding carboxylic acids is 1. The Kier molecular flexibility index (Phi) is 5.02. The van der Waals surface area contributed by atoms with Crippen LogP contribution in [0.1, 0.15) is 26.7 Å². The van der Waals surface area contributed by atoms with E-state index in [1.807, 2.05) is 6.92 Å². The van der Waals surface area contributed by atoms with Crippen molar-refractivity contribution in [1.29, 1.82) is 0 Å². The molecule has 0 unspecified atom stereocenters. The molecule has 0 saturated carbocycles. The summed E-state index contributed by atoms with van der Waals surface area (Å²) in [6.07, 6.45) is 3.62. The minimum absolute atomic E-state index is 0.0594. The fourth-order valence-electron chi connectivity index (χ4n) is 2.40. The van der Waals surface area contributed by atoms with E-state index in [0.29, 0.717) is 15.9 Å². The summed E-state index contributed by atoms with van der Waals surface area (Å²) in [5.41, 5.74) is 0.619. The van der Waals surface area contributed by atoms with Crippen molar-refractivity contribution in [2.45, 2.75) is 39.3 Å². The average molecular weight is 307 g/mol. The highest BCUT2D eigenvalue weighted by Gasteiger charge is 2.09. The van der Waals surface area contributed by atoms with Gasteiger partial charge >= 0.3 is 0 Å². The molecule has 1 heterocycles. The first-order chi connectivity index (χ1) is 10.0.